The number of hydrogen-bond donors (Lipinski definition) is 1. The van der Waals surface area contributed by atoms with Crippen LogP contribution in [0, 0.1) is 57.2 Å². The maximum atomic E-state index is 12.3. The summed E-state index contributed by atoms with van der Waals surface area (Å²) in [5.41, 5.74) is -3.20. The minimum absolute atomic E-state index is 0.0165. The van der Waals surface area contributed by atoms with Gasteiger partial charge in [-0.1, -0.05) is 34.2 Å². The summed E-state index contributed by atoms with van der Waals surface area (Å²) < 4.78 is 0.954. The van der Waals surface area contributed by atoms with Crippen LogP contribution in [0.3, 0.4) is 0 Å². The van der Waals surface area contributed by atoms with E-state index < -0.39 is 34.5 Å². The second-order valence-electron chi connectivity index (χ2n) is 5.71. The fourth-order valence-corrected chi connectivity index (χ4v) is 5.35. The van der Waals surface area contributed by atoms with Crippen LogP contribution < -0.4 is 5.32 Å². The molecule has 5 nitrogen and oxygen atoms in total. The van der Waals surface area contributed by atoms with Gasteiger partial charge in [0.2, 0.25) is 11.8 Å². The van der Waals surface area contributed by atoms with Gasteiger partial charge in [-0.3, -0.25) is 14.9 Å². The molecule has 1 aliphatic heterocycles. The first-order valence-corrected chi connectivity index (χ1v) is 7.08. The van der Waals surface area contributed by atoms with E-state index in [1.165, 1.54) is 0 Å². The molecule has 0 aromatic heterocycles. The molecule has 2 fully saturated rings. The van der Waals surface area contributed by atoms with Crippen LogP contribution >= 0.6 is 15.9 Å². The molecule has 2 bridgehead atoms. The van der Waals surface area contributed by atoms with Gasteiger partial charge in [-0.15, -0.1) is 0 Å². The van der Waals surface area contributed by atoms with Crippen LogP contribution in [0.5, 0.6) is 0 Å². The lowest BCUT2D eigenvalue weighted by molar-refractivity contribution is -0.142. The first kappa shape index (κ1) is 11.9. The van der Waals surface area contributed by atoms with Gasteiger partial charge in [0.25, 0.3) is 0 Å². The second-order valence-corrected chi connectivity index (χ2v) is 6.63. The van der Waals surface area contributed by atoms with E-state index in [0.29, 0.717) is 0 Å². The number of imide groups is 1. The summed E-state index contributed by atoms with van der Waals surface area (Å²) in [7, 11) is 0. The van der Waals surface area contributed by atoms with Gasteiger partial charge >= 0.3 is 0 Å². The van der Waals surface area contributed by atoms with Crippen molar-refractivity contribution in [3.05, 3.63) is 22.7 Å². The van der Waals surface area contributed by atoms with Crippen molar-refractivity contribution in [2.24, 2.45) is 34.5 Å². The number of nitrogens with one attached hydrogen (secondary N) is 1. The van der Waals surface area contributed by atoms with Gasteiger partial charge in [0, 0.05) is 17.8 Å². The summed E-state index contributed by atoms with van der Waals surface area (Å²) in [6.45, 7) is 0. The lowest BCUT2D eigenvalue weighted by atomic mass is 9.39. The SMILES string of the molecule is N#C[C@]12C(=O)NC(=O)[C@]1(C#N)[C@H]1C=C[C@@H]2[C@H]2C=C(Br)[C@H]21. The molecule has 2 amide bonds. The maximum Gasteiger partial charge on any atom is 0.249 e. The molecule has 98 valence electrons. The number of halogens is 1. The summed E-state index contributed by atoms with van der Waals surface area (Å²) in [6.07, 6.45) is 5.64. The van der Waals surface area contributed by atoms with Gasteiger partial charge in [-0.05, 0) is 10.4 Å². The largest absolute Gasteiger partial charge is 0.293 e. The van der Waals surface area contributed by atoms with Crippen LogP contribution in [-0.2, 0) is 9.59 Å². The number of amides is 2. The number of rotatable bonds is 0. The van der Waals surface area contributed by atoms with Crippen molar-refractivity contribution in [1.82, 2.24) is 5.32 Å². The first-order chi connectivity index (χ1) is 9.54. The molecule has 6 atom stereocenters. The third-order valence-corrected chi connectivity index (χ3v) is 6.12. The Balaban J connectivity index is 2.08. The molecular weight excluding hydrogens is 322 g/mol. The Bertz CT molecular complexity index is 728. The number of carbonyl (C=O) groups excluding carboxylic acids is 2. The molecule has 5 aliphatic rings. The minimum atomic E-state index is -1.60. The third kappa shape index (κ3) is 0.837. The fourth-order valence-electron chi connectivity index (χ4n) is 4.45. The molecule has 1 heterocycles. The van der Waals surface area contributed by atoms with Gasteiger partial charge in [-0.2, -0.15) is 10.5 Å². The molecule has 0 aromatic carbocycles. The smallest absolute Gasteiger partial charge is 0.249 e. The van der Waals surface area contributed by atoms with E-state index in [0.717, 1.165) is 4.48 Å². The van der Waals surface area contributed by atoms with E-state index in [-0.39, 0.29) is 11.8 Å². The number of allylic oxidation sites excluding steroid dienone is 4. The van der Waals surface area contributed by atoms with E-state index in [1.54, 1.807) is 0 Å². The zero-order valence-electron chi connectivity index (χ0n) is 10.1. The lowest BCUT2D eigenvalue weighted by Crippen LogP contribution is -2.64. The van der Waals surface area contributed by atoms with Crippen molar-refractivity contribution in [3.8, 4) is 12.1 Å². The Labute approximate surface area is 123 Å². The highest BCUT2D eigenvalue weighted by Gasteiger charge is 2.80. The highest BCUT2D eigenvalue weighted by molar-refractivity contribution is 9.11. The van der Waals surface area contributed by atoms with Gasteiger partial charge in [0.1, 0.15) is 0 Å². The van der Waals surface area contributed by atoms with E-state index in [4.69, 9.17) is 0 Å². The van der Waals surface area contributed by atoms with Gasteiger partial charge in [0.15, 0.2) is 10.8 Å². The molecule has 1 saturated carbocycles. The molecule has 1 N–H and O–H groups in total. The van der Waals surface area contributed by atoms with Crippen LogP contribution in [0.15, 0.2) is 22.7 Å². The topological polar surface area (TPSA) is 93.8 Å². The van der Waals surface area contributed by atoms with E-state index in [2.05, 4.69) is 21.2 Å². The Morgan fingerprint density at radius 1 is 1.10 bits per heavy atom. The Kier molecular flexibility index (Phi) is 1.91. The highest BCUT2D eigenvalue weighted by atomic mass is 79.9. The summed E-state index contributed by atoms with van der Waals surface area (Å²) in [6, 6.07) is 4.06. The highest BCUT2D eigenvalue weighted by Crippen LogP contribution is 2.70. The van der Waals surface area contributed by atoms with Crippen LogP contribution in [-0.4, -0.2) is 11.8 Å². The Morgan fingerprint density at radius 2 is 1.65 bits per heavy atom. The van der Waals surface area contributed by atoms with Gasteiger partial charge in [-0.25, -0.2) is 0 Å². The number of nitrogens with zero attached hydrogens (tertiary/aromatic N) is 2. The van der Waals surface area contributed by atoms with Crippen LogP contribution in [0.2, 0.25) is 0 Å². The Hall–Kier alpha value is -1.92. The minimum Gasteiger partial charge on any atom is -0.293 e. The van der Waals surface area contributed by atoms with Gasteiger partial charge < -0.3 is 0 Å². The molecule has 0 radical (unpaired) electrons. The summed E-state index contributed by atoms with van der Waals surface area (Å²) in [5.74, 6) is -2.06. The van der Waals surface area contributed by atoms with Crippen molar-refractivity contribution >= 4 is 27.7 Å². The van der Waals surface area contributed by atoms with E-state index >= 15 is 0 Å². The molecule has 0 aromatic rings. The van der Waals surface area contributed by atoms with Crippen molar-refractivity contribution in [3.63, 3.8) is 0 Å². The zero-order valence-corrected chi connectivity index (χ0v) is 11.7. The van der Waals surface area contributed by atoms with Crippen molar-refractivity contribution in [1.29, 1.82) is 10.5 Å². The molecule has 5 rings (SSSR count). The predicted molar refractivity (Wildman–Crippen MR) is 69.4 cm³/mol. The molecule has 20 heavy (non-hydrogen) atoms. The van der Waals surface area contributed by atoms with Gasteiger partial charge in [0.05, 0.1) is 12.1 Å². The average molecular weight is 330 g/mol. The standard InChI is InChI=1S/C14H8BrN3O2/c15-9-3-6-7-1-2-8(10(6)9)14(5-17)12(20)18-11(19)13(7,14)4-16/h1-3,6-8,10H,(H,18,19,20)/t6-,7-,8+,10-,13+,14+/m1/s1. The monoisotopic (exact) mass is 329 g/mol. The molecule has 6 heteroatoms. The molecule has 0 unspecified atom stereocenters. The number of hydrogen-bond acceptors (Lipinski definition) is 4. The van der Waals surface area contributed by atoms with Crippen LogP contribution in [0.4, 0.5) is 0 Å². The summed E-state index contributed by atoms with van der Waals surface area (Å²) >= 11 is 3.45. The first-order valence-electron chi connectivity index (χ1n) is 6.28. The normalized spacial score (nSPS) is 50.2. The maximum absolute atomic E-state index is 12.3. The lowest BCUT2D eigenvalue weighted by Gasteiger charge is -2.59. The summed E-state index contributed by atoms with van der Waals surface area (Å²) in [4.78, 5) is 24.6. The van der Waals surface area contributed by atoms with Crippen LogP contribution in [0.1, 0.15) is 0 Å². The second kappa shape index (κ2) is 3.21. The zero-order chi connectivity index (χ0) is 14.3. The quantitative estimate of drug-likeness (QED) is 0.530. The average Bonchev–Trinajstić information content (AvgIpc) is 2.67. The van der Waals surface area contributed by atoms with Crippen molar-refractivity contribution in [2.75, 3.05) is 0 Å². The number of carbonyl (C=O) groups is 2. The van der Waals surface area contributed by atoms with E-state index in [1.807, 2.05) is 30.4 Å². The molecular formula is C14H8BrN3O2. The van der Waals surface area contributed by atoms with Crippen molar-refractivity contribution in [2.45, 2.75) is 0 Å². The van der Waals surface area contributed by atoms with E-state index in [9.17, 15) is 20.1 Å². The number of nitriles is 2. The fraction of sp³-hybridized carbons (Fsp3) is 0.429. The molecule has 4 aliphatic carbocycles. The van der Waals surface area contributed by atoms with Crippen LogP contribution in [0.25, 0.3) is 0 Å². The molecule has 1 saturated heterocycles. The summed E-state index contributed by atoms with van der Waals surface area (Å²) in [5, 5.41) is 21.6. The van der Waals surface area contributed by atoms with Crippen molar-refractivity contribution < 1.29 is 9.59 Å². The third-order valence-electron chi connectivity index (χ3n) is 5.33. The Morgan fingerprint density at radius 3 is 2.20 bits per heavy atom. The molecule has 0 spiro atoms. The predicted octanol–water partition coefficient (Wildman–Crippen LogP) is 1.00.